The molecule has 0 bridgehead atoms. The molecule has 3 N–H and O–H groups in total. The summed E-state index contributed by atoms with van der Waals surface area (Å²) in [6.45, 7) is -0.260. The third-order valence-corrected chi connectivity index (χ3v) is 0.386. The molecule has 0 spiro atoms. The number of aldehydes is 1. The van der Waals surface area contributed by atoms with Crippen molar-refractivity contribution in [3.63, 3.8) is 0 Å². The first kappa shape index (κ1) is 5.59. The number of aliphatic hydroxyl groups is 1. The number of carbonyl (C=O) groups excluding carboxylic acids is 1. The molecule has 6 heavy (non-hydrogen) atoms. The van der Waals surface area contributed by atoms with E-state index >= 15 is 0 Å². The van der Waals surface area contributed by atoms with Crippen LogP contribution >= 0.6 is 0 Å². The summed E-state index contributed by atoms with van der Waals surface area (Å²) in [6, 6.07) is -0.690. The summed E-state index contributed by atoms with van der Waals surface area (Å²) < 4.78 is 0. The van der Waals surface area contributed by atoms with Gasteiger partial charge in [-0.2, -0.15) is 0 Å². The molecular formula is C3H7NO2. The van der Waals surface area contributed by atoms with Crippen LogP contribution in [0.25, 0.3) is 0 Å². The van der Waals surface area contributed by atoms with Crippen LogP contribution in [0.2, 0.25) is 0 Å². The Kier molecular flexibility index (Phi) is 2.62. The maximum Gasteiger partial charge on any atom is 0.139 e. The van der Waals surface area contributed by atoms with Crippen LogP contribution < -0.4 is 5.73 Å². The quantitative estimate of drug-likeness (QED) is 0.405. The minimum Gasteiger partial charge on any atom is -0.394 e. The van der Waals surface area contributed by atoms with Crippen LogP contribution in [-0.4, -0.2) is 24.0 Å². The Bertz CT molecular complexity index is 46.1. The molecule has 0 radical (unpaired) electrons. The zero-order chi connectivity index (χ0) is 4.99. The van der Waals surface area contributed by atoms with E-state index in [0.717, 1.165) is 0 Å². The van der Waals surface area contributed by atoms with Crippen LogP contribution in [0.1, 0.15) is 0 Å². The zero-order valence-corrected chi connectivity index (χ0v) is 3.29. The van der Waals surface area contributed by atoms with E-state index in [1.807, 2.05) is 0 Å². The fourth-order valence-corrected chi connectivity index (χ4v) is 0.0430. The van der Waals surface area contributed by atoms with Gasteiger partial charge in [-0.15, -0.1) is 0 Å². The molecule has 1 atom stereocenters. The summed E-state index contributed by atoms with van der Waals surface area (Å²) in [5, 5.41) is 7.98. The maximum atomic E-state index is 9.45. The van der Waals surface area contributed by atoms with Crippen molar-refractivity contribution in [2.75, 3.05) is 6.61 Å². The van der Waals surface area contributed by atoms with Gasteiger partial charge >= 0.3 is 0 Å². The van der Waals surface area contributed by atoms with Crippen molar-refractivity contribution in [3.05, 3.63) is 0 Å². The number of rotatable bonds is 2. The van der Waals surface area contributed by atoms with Crippen molar-refractivity contribution in [3.8, 4) is 0 Å². The van der Waals surface area contributed by atoms with E-state index < -0.39 is 6.04 Å². The van der Waals surface area contributed by atoms with Gasteiger partial charge in [0.05, 0.1) is 12.6 Å². The van der Waals surface area contributed by atoms with Crippen LogP contribution in [0.4, 0.5) is 0 Å². The van der Waals surface area contributed by atoms with Crippen LogP contribution in [0.3, 0.4) is 0 Å². The van der Waals surface area contributed by atoms with Crippen molar-refractivity contribution in [2.24, 2.45) is 5.73 Å². The molecule has 0 rings (SSSR count). The molecule has 0 aliphatic carbocycles. The molecule has 0 saturated carbocycles. The molecule has 0 fully saturated rings. The van der Waals surface area contributed by atoms with E-state index in [-0.39, 0.29) is 6.61 Å². The van der Waals surface area contributed by atoms with E-state index in [0.29, 0.717) is 6.29 Å². The summed E-state index contributed by atoms with van der Waals surface area (Å²) in [7, 11) is 0. The van der Waals surface area contributed by atoms with Crippen molar-refractivity contribution in [1.29, 1.82) is 0 Å². The smallest absolute Gasteiger partial charge is 0.139 e. The fraction of sp³-hybridized carbons (Fsp3) is 0.667. The van der Waals surface area contributed by atoms with Crippen molar-refractivity contribution < 1.29 is 9.90 Å². The molecule has 3 heteroatoms. The van der Waals surface area contributed by atoms with Gasteiger partial charge in [-0.05, 0) is 0 Å². The first-order valence-electron chi connectivity index (χ1n) is 1.63. The second-order valence-corrected chi connectivity index (χ2v) is 0.983. The van der Waals surface area contributed by atoms with Gasteiger partial charge in [-0.25, -0.2) is 0 Å². The van der Waals surface area contributed by atoms with E-state index in [2.05, 4.69) is 0 Å². The van der Waals surface area contributed by atoms with E-state index in [4.69, 9.17) is 10.8 Å². The van der Waals surface area contributed by atoms with Gasteiger partial charge in [-0.1, -0.05) is 0 Å². The van der Waals surface area contributed by atoms with E-state index in [1.165, 1.54) is 0 Å². The summed E-state index contributed by atoms with van der Waals surface area (Å²) in [4.78, 5) is 9.45. The van der Waals surface area contributed by atoms with Crippen molar-refractivity contribution in [1.82, 2.24) is 0 Å². The van der Waals surface area contributed by atoms with Gasteiger partial charge in [0.15, 0.2) is 0 Å². The molecule has 0 saturated heterocycles. The molecule has 0 aromatic carbocycles. The Hall–Kier alpha value is -0.410. The van der Waals surface area contributed by atoms with Crippen LogP contribution in [0, 0.1) is 0 Å². The lowest BCUT2D eigenvalue weighted by Gasteiger charge is -1.90. The molecule has 0 amide bonds. The summed E-state index contributed by atoms with van der Waals surface area (Å²) in [6.07, 6.45) is 0.500. The number of nitrogens with two attached hydrogens (primary N) is 1. The second-order valence-electron chi connectivity index (χ2n) is 0.983. The standard InChI is InChI=1S/C3H7NO2/c4-3(1-5)2-6/h1,3,6H,2,4H2/t3-/m0/s1. The highest BCUT2D eigenvalue weighted by molar-refractivity contribution is 5.56. The first-order chi connectivity index (χ1) is 2.81. The molecule has 0 unspecified atom stereocenters. The minimum atomic E-state index is -0.690. The maximum absolute atomic E-state index is 9.45. The van der Waals surface area contributed by atoms with E-state index in [9.17, 15) is 4.79 Å². The normalized spacial score (nSPS) is 13.7. The summed E-state index contributed by atoms with van der Waals surface area (Å²) in [5.74, 6) is 0. The number of hydrogen-bond donors (Lipinski definition) is 2. The Morgan fingerprint density at radius 1 is 2.00 bits per heavy atom. The lowest BCUT2D eigenvalue weighted by atomic mass is 10.4. The molecule has 36 valence electrons. The Morgan fingerprint density at radius 3 is 2.50 bits per heavy atom. The van der Waals surface area contributed by atoms with Crippen molar-refractivity contribution in [2.45, 2.75) is 6.04 Å². The molecule has 0 aromatic heterocycles. The first-order valence-corrected chi connectivity index (χ1v) is 1.63. The number of hydrogen-bond acceptors (Lipinski definition) is 3. The zero-order valence-electron chi connectivity index (χ0n) is 3.29. The molecule has 0 heterocycles. The second kappa shape index (κ2) is 2.81. The number of carbonyl (C=O) groups is 1. The fourth-order valence-electron chi connectivity index (χ4n) is 0.0430. The topological polar surface area (TPSA) is 63.3 Å². The largest absolute Gasteiger partial charge is 0.394 e. The summed E-state index contributed by atoms with van der Waals surface area (Å²) >= 11 is 0. The molecule has 0 aliphatic rings. The average Bonchev–Trinajstić information content (AvgIpc) is 1.65. The molecule has 0 aliphatic heterocycles. The highest BCUT2D eigenvalue weighted by atomic mass is 16.3. The minimum absolute atomic E-state index is 0.260. The molecule has 0 aromatic rings. The van der Waals surface area contributed by atoms with Gasteiger partial charge < -0.3 is 15.6 Å². The van der Waals surface area contributed by atoms with Crippen LogP contribution in [-0.2, 0) is 4.79 Å². The van der Waals surface area contributed by atoms with Gasteiger partial charge in [0.2, 0.25) is 0 Å². The Balaban J connectivity index is 2.96. The Labute approximate surface area is 35.8 Å². The molecule has 3 nitrogen and oxygen atoms in total. The third-order valence-electron chi connectivity index (χ3n) is 0.386. The lowest BCUT2D eigenvalue weighted by molar-refractivity contribution is -0.109. The summed E-state index contributed by atoms with van der Waals surface area (Å²) in [5.41, 5.74) is 4.85. The SMILES string of the molecule is N[C@@H](C=O)CO. The number of aliphatic hydroxyl groups excluding tert-OH is 1. The monoisotopic (exact) mass is 89.0 g/mol. The highest BCUT2D eigenvalue weighted by Crippen LogP contribution is 1.60. The Morgan fingerprint density at radius 2 is 2.50 bits per heavy atom. The van der Waals surface area contributed by atoms with Gasteiger partial charge in [0.1, 0.15) is 6.29 Å². The third kappa shape index (κ3) is 1.87. The van der Waals surface area contributed by atoms with Crippen molar-refractivity contribution >= 4 is 6.29 Å². The average molecular weight is 89.1 g/mol. The molecular weight excluding hydrogens is 82.0 g/mol. The highest BCUT2D eigenvalue weighted by Gasteiger charge is 1.90. The lowest BCUT2D eigenvalue weighted by Crippen LogP contribution is -2.25. The predicted octanol–water partition coefficient (Wildman–Crippen LogP) is -1.50. The predicted molar refractivity (Wildman–Crippen MR) is 21.1 cm³/mol. The van der Waals surface area contributed by atoms with Gasteiger partial charge in [0.25, 0.3) is 0 Å². The van der Waals surface area contributed by atoms with Crippen LogP contribution in [0.15, 0.2) is 0 Å². The van der Waals surface area contributed by atoms with Crippen LogP contribution in [0.5, 0.6) is 0 Å². The van der Waals surface area contributed by atoms with E-state index in [1.54, 1.807) is 0 Å². The van der Waals surface area contributed by atoms with Gasteiger partial charge in [0, 0.05) is 0 Å². The van der Waals surface area contributed by atoms with Gasteiger partial charge in [-0.3, -0.25) is 0 Å².